The van der Waals surface area contributed by atoms with Crippen LogP contribution >= 0.6 is 0 Å². The first-order valence-electron chi connectivity index (χ1n) is 9.74. The molecular weight excluding hydrogens is 363 g/mol. The normalized spacial score (nSPS) is 14.0. The Kier molecular flexibility index (Phi) is 7.28. The Morgan fingerprint density at radius 1 is 0.893 bits per heavy atom. The fourth-order valence-electron chi connectivity index (χ4n) is 3.48. The van der Waals surface area contributed by atoms with Crippen LogP contribution in [0.4, 0.5) is 13.2 Å². The molecule has 0 aliphatic heterocycles. The van der Waals surface area contributed by atoms with Gasteiger partial charge in [-0.25, -0.2) is 0 Å². The van der Waals surface area contributed by atoms with Crippen LogP contribution in [0.5, 0.6) is 0 Å². The molecule has 152 valence electrons. The molecule has 0 saturated carbocycles. The molecule has 0 saturated heterocycles. The van der Waals surface area contributed by atoms with Gasteiger partial charge in [-0.3, -0.25) is 4.79 Å². The van der Waals surface area contributed by atoms with Crippen LogP contribution in [-0.4, -0.2) is 23.0 Å². The van der Waals surface area contributed by atoms with E-state index in [9.17, 15) is 18.0 Å². The fourth-order valence-corrected chi connectivity index (χ4v) is 3.48. The highest BCUT2D eigenvalue weighted by Gasteiger charge is 2.37. The monoisotopic (exact) mass is 391 g/mol. The van der Waals surface area contributed by atoms with Crippen LogP contribution in [-0.2, 0) is 0 Å². The second-order valence-electron chi connectivity index (χ2n) is 7.15. The molecule has 0 spiro atoms. The van der Waals surface area contributed by atoms with Gasteiger partial charge in [-0.1, -0.05) is 56.3 Å². The summed E-state index contributed by atoms with van der Waals surface area (Å²) in [6, 6.07) is 15.5. The van der Waals surface area contributed by atoms with Gasteiger partial charge in [0.15, 0.2) is 0 Å². The first kappa shape index (κ1) is 22.0. The largest absolute Gasteiger partial charge is 0.395 e. The van der Waals surface area contributed by atoms with Crippen molar-refractivity contribution in [1.82, 2.24) is 4.90 Å². The van der Waals surface area contributed by atoms with E-state index in [0.717, 1.165) is 25.3 Å². The van der Waals surface area contributed by atoms with Crippen molar-refractivity contribution < 1.29 is 18.0 Å². The zero-order valence-corrected chi connectivity index (χ0v) is 16.8. The molecule has 0 heterocycles. The number of benzene rings is 2. The number of hydrogen-bond acceptors (Lipinski definition) is 1. The molecule has 2 nitrogen and oxygen atoms in total. The summed E-state index contributed by atoms with van der Waals surface area (Å²) in [4.78, 5) is 15.2. The van der Waals surface area contributed by atoms with E-state index in [2.05, 4.69) is 0 Å². The van der Waals surface area contributed by atoms with Gasteiger partial charge >= 0.3 is 6.18 Å². The number of halogens is 3. The van der Waals surface area contributed by atoms with Crippen LogP contribution in [0.1, 0.15) is 74.0 Å². The average Bonchev–Trinajstić information content (AvgIpc) is 2.70. The fraction of sp³-hybridized carbons (Fsp3) is 0.435. The zero-order valence-electron chi connectivity index (χ0n) is 16.8. The maximum Gasteiger partial charge on any atom is 0.395 e. The summed E-state index contributed by atoms with van der Waals surface area (Å²) in [5.41, 5.74) is 1.60. The molecule has 5 heteroatoms. The quantitative estimate of drug-likeness (QED) is 0.511. The summed E-state index contributed by atoms with van der Waals surface area (Å²) in [7, 11) is 0. The number of hydrogen-bond donors (Lipinski definition) is 0. The first-order valence-corrected chi connectivity index (χ1v) is 9.74. The molecule has 0 bridgehead atoms. The van der Waals surface area contributed by atoms with E-state index < -0.39 is 12.1 Å². The maximum absolute atomic E-state index is 13.3. The molecule has 28 heavy (non-hydrogen) atoms. The van der Waals surface area contributed by atoms with Crippen molar-refractivity contribution in [3.05, 3.63) is 71.3 Å². The minimum Gasteiger partial charge on any atom is -0.329 e. The third-order valence-electron chi connectivity index (χ3n) is 5.42. The third kappa shape index (κ3) is 4.94. The topological polar surface area (TPSA) is 20.3 Å². The van der Waals surface area contributed by atoms with Crippen molar-refractivity contribution in [2.45, 2.75) is 64.7 Å². The molecule has 2 rings (SSSR count). The number of rotatable bonds is 7. The molecule has 0 N–H and O–H groups in total. The van der Waals surface area contributed by atoms with Gasteiger partial charge < -0.3 is 4.90 Å². The van der Waals surface area contributed by atoms with E-state index in [1.165, 1.54) is 24.3 Å². The summed E-state index contributed by atoms with van der Waals surface area (Å²) < 4.78 is 38.8. The Morgan fingerprint density at radius 3 is 1.89 bits per heavy atom. The number of nitrogens with zero attached hydrogens (tertiary/aromatic N) is 1. The van der Waals surface area contributed by atoms with Crippen LogP contribution < -0.4 is 0 Å². The lowest BCUT2D eigenvalue weighted by Crippen LogP contribution is -2.41. The van der Waals surface area contributed by atoms with Gasteiger partial charge in [-0.2, -0.15) is 13.2 Å². The van der Waals surface area contributed by atoms with Crippen molar-refractivity contribution in [1.29, 1.82) is 0 Å². The van der Waals surface area contributed by atoms with Crippen LogP contribution in [0.2, 0.25) is 0 Å². The first-order chi connectivity index (χ1) is 13.2. The molecule has 0 aromatic heterocycles. The molecule has 0 radical (unpaired) electrons. The van der Waals surface area contributed by atoms with Gasteiger partial charge in [0, 0.05) is 11.6 Å². The molecule has 1 amide bonds. The third-order valence-corrected chi connectivity index (χ3v) is 5.42. The lowest BCUT2D eigenvalue weighted by Gasteiger charge is -2.36. The highest BCUT2D eigenvalue weighted by atomic mass is 19.4. The van der Waals surface area contributed by atoms with E-state index in [-0.39, 0.29) is 23.6 Å². The lowest BCUT2D eigenvalue weighted by molar-refractivity contribution is -0.146. The van der Waals surface area contributed by atoms with Crippen molar-refractivity contribution in [3.63, 3.8) is 0 Å². The average molecular weight is 391 g/mol. The van der Waals surface area contributed by atoms with E-state index in [4.69, 9.17) is 0 Å². The maximum atomic E-state index is 13.3. The van der Waals surface area contributed by atoms with Gasteiger partial charge in [0.1, 0.15) is 0 Å². The number of carbonyl (C=O) groups is 1. The minimum atomic E-state index is -4.30. The summed E-state index contributed by atoms with van der Waals surface area (Å²) in [6.45, 7) is 7.21. The Bertz CT molecular complexity index is 752. The molecule has 2 aromatic carbocycles. The molecular formula is C23H28F3NO. The number of carbonyl (C=O) groups excluding carboxylic acids is 1. The van der Waals surface area contributed by atoms with E-state index >= 15 is 0 Å². The van der Waals surface area contributed by atoms with Crippen LogP contribution in [0.15, 0.2) is 54.6 Å². The van der Waals surface area contributed by atoms with Gasteiger partial charge in [-0.05, 0) is 49.9 Å². The number of amides is 1. The summed E-state index contributed by atoms with van der Waals surface area (Å²) in [6.07, 6.45) is -2.68. The van der Waals surface area contributed by atoms with E-state index in [0.29, 0.717) is 5.56 Å². The predicted octanol–water partition coefficient (Wildman–Crippen LogP) is 6.74. The molecule has 2 unspecified atom stereocenters. The summed E-state index contributed by atoms with van der Waals surface area (Å²) in [5.74, 6) is -1.72. The molecule has 2 atom stereocenters. The van der Waals surface area contributed by atoms with Gasteiger partial charge in [0.2, 0.25) is 0 Å². The Hall–Kier alpha value is -2.30. The van der Waals surface area contributed by atoms with Crippen LogP contribution in [0.3, 0.4) is 0 Å². The predicted molar refractivity (Wildman–Crippen MR) is 106 cm³/mol. The summed E-state index contributed by atoms with van der Waals surface area (Å²) in [5, 5.41) is 0. The highest BCUT2D eigenvalue weighted by molar-refractivity contribution is 5.94. The van der Waals surface area contributed by atoms with Crippen molar-refractivity contribution in [2.24, 2.45) is 0 Å². The number of alkyl halides is 3. The van der Waals surface area contributed by atoms with Gasteiger partial charge in [-0.15, -0.1) is 0 Å². The molecule has 0 aliphatic rings. The lowest BCUT2D eigenvalue weighted by atomic mass is 9.97. The molecule has 0 aliphatic carbocycles. The second-order valence-corrected chi connectivity index (χ2v) is 7.15. The minimum absolute atomic E-state index is 0.0523. The van der Waals surface area contributed by atoms with Crippen LogP contribution in [0, 0.1) is 0 Å². The second kappa shape index (κ2) is 9.26. The SMILES string of the molecule is CCC(CC)N(C(=O)c1ccc(C(C)C(F)(F)F)cc1)C(C)c1ccccc1. The Morgan fingerprint density at radius 2 is 1.43 bits per heavy atom. The Labute approximate surface area is 165 Å². The van der Waals surface area contributed by atoms with Crippen LogP contribution in [0.25, 0.3) is 0 Å². The van der Waals surface area contributed by atoms with Gasteiger partial charge in [0.25, 0.3) is 5.91 Å². The van der Waals surface area contributed by atoms with E-state index in [1.54, 1.807) is 0 Å². The van der Waals surface area contributed by atoms with Crippen molar-refractivity contribution >= 4 is 5.91 Å². The highest BCUT2D eigenvalue weighted by Crippen LogP contribution is 2.34. The standard InChI is InChI=1S/C23H28F3NO/c1-5-21(6-2)27(17(4)19-10-8-7-9-11-19)22(28)20-14-12-18(13-15-20)16(3)23(24,25)26/h7-17,21H,5-6H2,1-4H3. The summed E-state index contributed by atoms with van der Waals surface area (Å²) >= 11 is 0. The zero-order chi connectivity index (χ0) is 20.9. The van der Waals surface area contributed by atoms with Gasteiger partial charge in [0.05, 0.1) is 12.0 Å². The van der Waals surface area contributed by atoms with Crippen molar-refractivity contribution in [3.8, 4) is 0 Å². The van der Waals surface area contributed by atoms with Crippen molar-refractivity contribution in [2.75, 3.05) is 0 Å². The van der Waals surface area contributed by atoms with E-state index in [1.807, 2.05) is 56.0 Å². The molecule has 0 fully saturated rings. The Balaban J connectivity index is 2.34. The smallest absolute Gasteiger partial charge is 0.329 e. The molecule has 2 aromatic rings.